The van der Waals surface area contributed by atoms with Crippen molar-refractivity contribution < 1.29 is 13.9 Å². The van der Waals surface area contributed by atoms with Gasteiger partial charge in [0.05, 0.1) is 18.4 Å². The van der Waals surface area contributed by atoms with Crippen molar-refractivity contribution in [2.45, 2.75) is 26.2 Å². The molecule has 0 spiro atoms. The Morgan fingerprint density at radius 2 is 2.17 bits per heavy atom. The first kappa shape index (κ1) is 14.3. The van der Waals surface area contributed by atoms with E-state index in [9.17, 15) is 9.18 Å². The third-order valence-corrected chi connectivity index (χ3v) is 2.64. The molecule has 0 aliphatic rings. The lowest BCUT2D eigenvalue weighted by molar-refractivity contribution is 0.0602. The van der Waals surface area contributed by atoms with E-state index in [1.807, 2.05) is 0 Å². The standard InChI is InChI=1S/C13H19FN2O2/c1-3-4-5-6-16-12-7-9(13(17)18-2)11(15)8-10(12)14/h7-8,16H,3-6,15H2,1-2H3. The van der Waals surface area contributed by atoms with Crippen LogP contribution in [0.25, 0.3) is 0 Å². The first-order chi connectivity index (χ1) is 8.60. The molecule has 0 heterocycles. The monoisotopic (exact) mass is 254 g/mol. The number of benzene rings is 1. The molecule has 0 bridgehead atoms. The molecule has 0 amide bonds. The zero-order valence-electron chi connectivity index (χ0n) is 10.8. The van der Waals surface area contributed by atoms with Crippen LogP contribution in [-0.2, 0) is 4.74 Å². The van der Waals surface area contributed by atoms with Gasteiger partial charge in [0.2, 0.25) is 0 Å². The Morgan fingerprint density at radius 1 is 1.44 bits per heavy atom. The lowest BCUT2D eigenvalue weighted by Crippen LogP contribution is -2.09. The Balaban J connectivity index is 2.81. The molecule has 1 aromatic carbocycles. The number of anilines is 2. The highest BCUT2D eigenvalue weighted by molar-refractivity contribution is 5.96. The van der Waals surface area contributed by atoms with Crippen LogP contribution in [0.4, 0.5) is 15.8 Å². The van der Waals surface area contributed by atoms with Crippen LogP contribution in [0.3, 0.4) is 0 Å². The molecule has 0 aromatic heterocycles. The van der Waals surface area contributed by atoms with E-state index in [1.165, 1.54) is 13.2 Å². The van der Waals surface area contributed by atoms with Crippen molar-refractivity contribution in [3.05, 3.63) is 23.5 Å². The average molecular weight is 254 g/mol. The number of ether oxygens (including phenoxy) is 1. The van der Waals surface area contributed by atoms with Gasteiger partial charge < -0.3 is 15.8 Å². The van der Waals surface area contributed by atoms with Gasteiger partial charge in [-0.05, 0) is 18.6 Å². The van der Waals surface area contributed by atoms with Gasteiger partial charge in [-0.1, -0.05) is 19.8 Å². The summed E-state index contributed by atoms with van der Waals surface area (Å²) in [6.07, 6.45) is 3.13. The van der Waals surface area contributed by atoms with E-state index in [0.717, 1.165) is 25.3 Å². The van der Waals surface area contributed by atoms with Crippen molar-refractivity contribution in [3.63, 3.8) is 0 Å². The van der Waals surface area contributed by atoms with E-state index in [2.05, 4.69) is 17.0 Å². The molecule has 0 fully saturated rings. The highest BCUT2D eigenvalue weighted by Gasteiger charge is 2.14. The summed E-state index contributed by atoms with van der Waals surface area (Å²) in [7, 11) is 1.26. The van der Waals surface area contributed by atoms with E-state index in [4.69, 9.17) is 5.73 Å². The van der Waals surface area contributed by atoms with E-state index in [0.29, 0.717) is 6.54 Å². The van der Waals surface area contributed by atoms with Crippen molar-refractivity contribution in [2.24, 2.45) is 0 Å². The minimum atomic E-state index is -0.566. The second kappa shape index (κ2) is 6.83. The number of carbonyl (C=O) groups is 1. The lowest BCUT2D eigenvalue weighted by Gasteiger charge is -2.10. The van der Waals surface area contributed by atoms with E-state index < -0.39 is 11.8 Å². The minimum Gasteiger partial charge on any atom is -0.465 e. The summed E-state index contributed by atoms with van der Waals surface area (Å²) in [4.78, 5) is 11.4. The van der Waals surface area contributed by atoms with Crippen LogP contribution < -0.4 is 11.1 Å². The zero-order chi connectivity index (χ0) is 13.5. The van der Waals surface area contributed by atoms with Gasteiger partial charge in [-0.2, -0.15) is 0 Å². The van der Waals surface area contributed by atoms with Crippen molar-refractivity contribution in [3.8, 4) is 0 Å². The molecule has 1 rings (SSSR count). The summed E-state index contributed by atoms with van der Waals surface area (Å²) in [5.74, 6) is -1.03. The number of nitrogen functional groups attached to an aromatic ring is 1. The maximum atomic E-state index is 13.6. The highest BCUT2D eigenvalue weighted by Crippen LogP contribution is 2.23. The molecular formula is C13H19FN2O2. The lowest BCUT2D eigenvalue weighted by atomic mass is 10.1. The van der Waals surface area contributed by atoms with E-state index in [-0.39, 0.29) is 16.9 Å². The first-order valence-corrected chi connectivity index (χ1v) is 6.01. The van der Waals surface area contributed by atoms with Crippen molar-refractivity contribution in [2.75, 3.05) is 24.7 Å². The van der Waals surface area contributed by atoms with Gasteiger partial charge in [-0.3, -0.25) is 0 Å². The molecule has 0 saturated carbocycles. The SMILES string of the molecule is CCCCCNc1cc(C(=O)OC)c(N)cc1F. The summed E-state index contributed by atoms with van der Waals surface area (Å²) in [6.45, 7) is 2.76. The summed E-state index contributed by atoms with van der Waals surface area (Å²) < 4.78 is 18.2. The van der Waals surface area contributed by atoms with Crippen LogP contribution in [-0.4, -0.2) is 19.6 Å². The van der Waals surface area contributed by atoms with Crippen molar-refractivity contribution in [1.29, 1.82) is 0 Å². The van der Waals surface area contributed by atoms with Gasteiger partial charge >= 0.3 is 5.97 Å². The number of hydrogen-bond acceptors (Lipinski definition) is 4. The minimum absolute atomic E-state index is 0.0819. The van der Waals surface area contributed by atoms with E-state index >= 15 is 0 Å². The molecule has 0 atom stereocenters. The summed E-state index contributed by atoms with van der Waals surface area (Å²) in [5.41, 5.74) is 6.11. The second-order valence-corrected chi connectivity index (χ2v) is 4.04. The predicted octanol–water partition coefficient (Wildman–Crippen LogP) is 2.80. The van der Waals surface area contributed by atoms with Gasteiger partial charge in [0.15, 0.2) is 0 Å². The fourth-order valence-corrected chi connectivity index (χ4v) is 1.61. The Morgan fingerprint density at radius 3 is 2.78 bits per heavy atom. The molecule has 0 aliphatic carbocycles. The summed E-state index contributed by atoms with van der Waals surface area (Å²) in [6, 6.07) is 2.52. The number of hydrogen-bond donors (Lipinski definition) is 2. The van der Waals surface area contributed by atoms with Crippen LogP contribution in [0.2, 0.25) is 0 Å². The van der Waals surface area contributed by atoms with E-state index in [1.54, 1.807) is 0 Å². The fraction of sp³-hybridized carbons (Fsp3) is 0.462. The Kier molecular flexibility index (Phi) is 5.42. The van der Waals surface area contributed by atoms with Gasteiger partial charge in [-0.15, -0.1) is 0 Å². The average Bonchev–Trinajstić information content (AvgIpc) is 2.36. The Hall–Kier alpha value is -1.78. The fourth-order valence-electron chi connectivity index (χ4n) is 1.61. The normalized spacial score (nSPS) is 10.2. The first-order valence-electron chi connectivity index (χ1n) is 6.01. The van der Waals surface area contributed by atoms with Gasteiger partial charge in [0.1, 0.15) is 5.82 Å². The van der Waals surface area contributed by atoms with Crippen LogP contribution in [0.1, 0.15) is 36.5 Å². The quantitative estimate of drug-likeness (QED) is 0.465. The number of esters is 1. The number of rotatable bonds is 6. The number of carbonyl (C=O) groups excluding carboxylic acids is 1. The summed E-state index contributed by atoms with van der Waals surface area (Å²) >= 11 is 0. The van der Waals surface area contributed by atoms with Gasteiger partial charge in [-0.25, -0.2) is 9.18 Å². The number of unbranched alkanes of at least 4 members (excludes halogenated alkanes) is 2. The maximum Gasteiger partial charge on any atom is 0.340 e. The smallest absolute Gasteiger partial charge is 0.340 e. The molecule has 0 saturated heterocycles. The molecular weight excluding hydrogens is 235 g/mol. The van der Waals surface area contributed by atoms with Crippen LogP contribution in [0.5, 0.6) is 0 Å². The molecule has 1 aromatic rings. The number of methoxy groups -OCH3 is 1. The molecule has 5 heteroatoms. The largest absolute Gasteiger partial charge is 0.465 e. The maximum absolute atomic E-state index is 13.6. The molecule has 18 heavy (non-hydrogen) atoms. The van der Waals surface area contributed by atoms with Crippen molar-refractivity contribution >= 4 is 17.3 Å². The van der Waals surface area contributed by atoms with Crippen LogP contribution in [0, 0.1) is 5.82 Å². The molecule has 0 unspecified atom stereocenters. The number of nitrogens with one attached hydrogen (secondary N) is 1. The van der Waals surface area contributed by atoms with Crippen molar-refractivity contribution in [1.82, 2.24) is 0 Å². The topological polar surface area (TPSA) is 64.3 Å². The highest BCUT2D eigenvalue weighted by atomic mass is 19.1. The predicted molar refractivity (Wildman–Crippen MR) is 70.2 cm³/mol. The molecule has 0 radical (unpaired) electrons. The van der Waals surface area contributed by atoms with Crippen LogP contribution in [0.15, 0.2) is 12.1 Å². The molecule has 0 aliphatic heterocycles. The summed E-state index contributed by atoms with van der Waals surface area (Å²) in [5, 5.41) is 2.96. The van der Waals surface area contributed by atoms with Crippen LogP contribution >= 0.6 is 0 Å². The molecule has 100 valence electrons. The number of nitrogens with two attached hydrogens (primary N) is 1. The molecule has 4 nitrogen and oxygen atoms in total. The van der Waals surface area contributed by atoms with Gasteiger partial charge in [0.25, 0.3) is 0 Å². The molecule has 3 N–H and O–H groups in total. The third-order valence-electron chi connectivity index (χ3n) is 2.64. The number of halogens is 1. The second-order valence-electron chi connectivity index (χ2n) is 4.04. The Labute approximate surface area is 106 Å². The van der Waals surface area contributed by atoms with Gasteiger partial charge in [0, 0.05) is 12.2 Å². The zero-order valence-corrected chi connectivity index (χ0v) is 10.8. The third kappa shape index (κ3) is 3.61. The Bertz CT molecular complexity index is 422.